The fraction of sp³-hybridized carbons (Fsp3) is 0.435. The molecule has 3 rings (SSSR count). The summed E-state index contributed by atoms with van der Waals surface area (Å²) in [5.41, 5.74) is 1.75. The Morgan fingerprint density at radius 1 is 1.17 bits per heavy atom. The van der Waals surface area contributed by atoms with E-state index in [4.69, 9.17) is 9.47 Å². The minimum absolute atomic E-state index is 0.224. The predicted octanol–water partition coefficient (Wildman–Crippen LogP) is 3.17. The van der Waals surface area contributed by atoms with Crippen molar-refractivity contribution in [2.75, 3.05) is 33.9 Å². The van der Waals surface area contributed by atoms with Crippen molar-refractivity contribution in [3.8, 4) is 11.5 Å². The zero-order valence-corrected chi connectivity index (χ0v) is 18.0. The van der Waals surface area contributed by atoms with Crippen LogP contribution >= 0.6 is 0 Å². The van der Waals surface area contributed by atoms with Gasteiger partial charge in [0.25, 0.3) is 0 Å². The van der Waals surface area contributed by atoms with Crippen molar-refractivity contribution >= 4 is 5.96 Å². The van der Waals surface area contributed by atoms with Gasteiger partial charge in [0, 0.05) is 43.9 Å². The second kappa shape index (κ2) is 10.8. The number of guanidine groups is 1. The molecule has 0 aliphatic carbocycles. The van der Waals surface area contributed by atoms with Crippen LogP contribution in [-0.4, -0.2) is 50.8 Å². The van der Waals surface area contributed by atoms with Gasteiger partial charge in [0.15, 0.2) is 5.96 Å². The first-order chi connectivity index (χ1) is 14.6. The lowest BCUT2D eigenvalue weighted by Gasteiger charge is -2.19. The maximum atomic E-state index is 13.9. The summed E-state index contributed by atoms with van der Waals surface area (Å²) in [6.45, 7) is 5.81. The molecule has 1 aliphatic rings. The van der Waals surface area contributed by atoms with Crippen LogP contribution in [0, 0.1) is 5.82 Å². The fourth-order valence-corrected chi connectivity index (χ4v) is 3.61. The number of nitrogens with zero attached hydrogens (tertiary/aromatic N) is 2. The van der Waals surface area contributed by atoms with E-state index in [1.807, 2.05) is 31.2 Å². The Kier molecular flexibility index (Phi) is 7.90. The van der Waals surface area contributed by atoms with Gasteiger partial charge in [-0.2, -0.15) is 0 Å². The minimum Gasteiger partial charge on any atom is -0.497 e. The molecule has 0 spiro atoms. The number of likely N-dealkylation sites (tertiary alicyclic amines) is 1. The molecule has 2 aromatic carbocycles. The molecule has 2 aromatic rings. The molecule has 1 aliphatic heterocycles. The summed E-state index contributed by atoms with van der Waals surface area (Å²) in [7, 11) is 3.33. The van der Waals surface area contributed by atoms with Crippen LogP contribution in [0.25, 0.3) is 0 Å². The minimum atomic E-state index is -0.224. The highest BCUT2D eigenvalue weighted by Gasteiger charge is 2.23. The molecule has 1 heterocycles. The first kappa shape index (κ1) is 21.9. The van der Waals surface area contributed by atoms with Gasteiger partial charge < -0.3 is 20.1 Å². The van der Waals surface area contributed by atoms with Crippen LogP contribution in [0.4, 0.5) is 4.39 Å². The van der Waals surface area contributed by atoms with Crippen molar-refractivity contribution in [3.05, 3.63) is 59.4 Å². The Morgan fingerprint density at radius 3 is 2.57 bits per heavy atom. The number of nitrogens with one attached hydrogen (secondary N) is 2. The number of aliphatic imine (C=N–C) groups is 1. The lowest BCUT2D eigenvalue weighted by Crippen LogP contribution is -2.44. The van der Waals surface area contributed by atoms with Crippen LogP contribution in [0.5, 0.6) is 11.5 Å². The SMILES string of the molecule is CCNC(=NCc1ccccc1F)NC1CCN(Cc2cc(OC)cc(OC)c2)C1. The Morgan fingerprint density at radius 2 is 1.90 bits per heavy atom. The van der Waals surface area contributed by atoms with Crippen molar-refractivity contribution in [1.82, 2.24) is 15.5 Å². The Bertz CT molecular complexity index is 837. The molecular weight excluding hydrogens is 383 g/mol. The molecule has 1 saturated heterocycles. The third-order valence-electron chi connectivity index (χ3n) is 5.14. The molecule has 0 saturated carbocycles. The number of rotatable bonds is 8. The summed E-state index contributed by atoms with van der Waals surface area (Å²) in [5.74, 6) is 2.09. The molecule has 162 valence electrons. The van der Waals surface area contributed by atoms with E-state index in [0.717, 1.165) is 55.6 Å². The molecule has 1 atom stereocenters. The Hall–Kier alpha value is -2.80. The Balaban J connectivity index is 1.58. The summed E-state index contributed by atoms with van der Waals surface area (Å²) in [6.07, 6.45) is 1.02. The van der Waals surface area contributed by atoms with Crippen LogP contribution in [0.3, 0.4) is 0 Å². The molecule has 0 amide bonds. The second-order valence-electron chi connectivity index (χ2n) is 7.37. The average molecular weight is 415 g/mol. The largest absolute Gasteiger partial charge is 0.497 e. The topological polar surface area (TPSA) is 58.1 Å². The highest BCUT2D eigenvalue weighted by atomic mass is 19.1. The molecule has 0 aromatic heterocycles. The van der Waals surface area contributed by atoms with Crippen LogP contribution < -0.4 is 20.1 Å². The van der Waals surface area contributed by atoms with Gasteiger partial charge in [0.05, 0.1) is 20.8 Å². The second-order valence-corrected chi connectivity index (χ2v) is 7.37. The predicted molar refractivity (Wildman–Crippen MR) is 118 cm³/mol. The lowest BCUT2D eigenvalue weighted by atomic mass is 10.2. The lowest BCUT2D eigenvalue weighted by molar-refractivity contribution is 0.321. The average Bonchev–Trinajstić information content (AvgIpc) is 3.19. The van der Waals surface area contributed by atoms with E-state index < -0.39 is 0 Å². The van der Waals surface area contributed by atoms with Crippen LogP contribution in [0.15, 0.2) is 47.5 Å². The van der Waals surface area contributed by atoms with Gasteiger partial charge in [-0.1, -0.05) is 18.2 Å². The van der Waals surface area contributed by atoms with E-state index in [-0.39, 0.29) is 11.9 Å². The highest BCUT2D eigenvalue weighted by molar-refractivity contribution is 5.80. The summed E-state index contributed by atoms with van der Waals surface area (Å²) < 4.78 is 24.6. The van der Waals surface area contributed by atoms with Gasteiger partial charge in [-0.25, -0.2) is 9.38 Å². The number of methoxy groups -OCH3 is 2. The molecule has 1 fully saturated rings. The molecule has 0 radical (unpaired) electrons. The molecule has 6 nitrogen and oxygen atoms in total. The first-order valence-electron chi connectivity index (χ1n) is 10.3. The van der Waals surface area contributed by atoms with Crippen molar-refractivity contribution in [2.24, 2.45) is 4.99 Å². The quantitative estimate of drug-likeness (QED) is 0.513. The number of ether oxygens (including phenoxy) is 2. The monoisotopic (exact) mass is 414 g/mol. The van der Waals surface area contributed by atoms with Gasteiger partial charge >= 0.3 is 0 Å². The van der Waals surface area contributed by atoms with Gasteiger partial charge in [-0.05, 0) is 37.1 Å². The highest BCUT2D eigenvalue weighted by Crippen LogP contribution is 2.24. The summed E-state index contributed by atoms with van der Waals surface area (Å²) in [6, 6.07) is 13.0. The van der Waals surface area contributed by atoms with E-state index in [1.54, 1.807) is 26.4 Å². The van der Waals surface area contributed by atoms with E-state index >= 15 is 0 Å². The molecule has 1 unspecified atom stereocenters. The maximum Gasteiger partial charge on any atom is 0.191 e. The molecule has 2 N–H and O–H groups in total. The van der Waals surface area contributed by atoms with Gasteiger partial charge in [-0.3, -0.25) is 4.90 Å². The fourth-order valence-electron chi connectivity index (χ4n) is 3.61. The summed E-state index contributed by atoms with van der Waals surface area (Å²) in [5, 5.41) is 6.75. The van der Waals surface area contributed by atoms with Gasteiger partial charge in [0.2, 0.25) is 0 Å². The third kappa shape index (κ3) is 6.10. The molecule has 7 heteroatoms. The third-order valence-corrected chi connectivity index (χ3v) is 5.14. The number of hydrogen-bond acceptors (Lipinski definition) is 4. The van der Waals surface area contributed by atoms with Crippen molar-refractivity contribution < 1.29 is 13.9 Å². The van der Waals surface area contributed by atoms with Crippen molar-refractivity contribution in [1.29, 1.82) is 0 Å². The first-order valence-corrected chi connectivity index (χ1v) is 10.3. The van der Waals surface area contributed by atoms with Gasteiger partial charge in [-0.15, -0.1) is 0 Å². The van der Waals surface area contributed by atoms with E-state index in [9.17, 15) is 4.39 Å². The van der Waals surface area contributed by atoms with Crippen molar-refractivity contribution in [2.45, 2.75) is 32.5 Å². The number of halogens is 1. The summed E-state index contributed by atoms with van der Waals surface area (Å²) in [4.78, 5) is 6.96. The number of hydrogen-bond donors (Lipinski definition) is 2. The zero-order chi connectivity index (χ0) is 21.3. The summed E-state index contributed by atoms with van der Waals surface area (Å²) >= 11 is 0. The van der Waals surface area contributed by atoms with Crippen LogP contribution in [0.1, 0.15) is 24.5 Å². The number of benzene rings is 2. The van der Waals surface area contributed by atoms with E-state index in [0.29, 0.717) is 12.1 Å². The Labute approximate surface area is 178 Å². The maximum absolute atomic E-state index is 13.9. The standard InChI is InChI=1S/C23H31FN4O2/c1-4-25-23(26-14-18-7-5-6-8-22(18)24)27-19-9-10-28(16-19)15-17-11-20(29-2)13-21(12-17)30-3/h5-8,11-13,19H,4,9-10,14-16H2,1-3H3,(H2,25,26,27). The smallest absolute Gasteiger partial charge is 0.191 e. The van der Waals surface area contributed by atoms with Crippen LogP contribution in [-0.2, 0) is 13.1 Å². The van der Waals surface area contributed by atoms with E-state index in [1.165, 1.54) is 6.07 Å². The molecule has 0 bridgehead atoms. The molecule has 30 heavy (non-hydrogen) atoms. The van der Waals surface area contributed by atoms with Gasteiger partial charge in [0.1, 0.15) is 17.3 Å². The zero-order valence-electron chi connectivity index (χ0n) is 18.0. The molecular formula is C23H31FN4O2. The van der Waals surface area contributed by atoms with Crippen molar-refractivity contribution in [3.63, 3.8) is 0 Å². The van der Waals surface area contributed by atoms with E-state index in [2.05, 4.69) is 20.5 Å². The van der Waals surface area contributed by atoms with Crippen LogP contribution in [0.2, 0.25) is 0 Å². The normalized spacial score (nSPS) is 17.1.